The summed E-state index contributed by atoms with van der Waals surface area (Å²) < 4.78 is 41.3. The number of piperazine rings is 1. The highest BCUT2D eigenvalue weighted by molar-refractivity contribution is 6.05. The van der Waals surface area contributed by atoms with Gasteiger partial charge in [-0.3, -0.25) is 34.9 Å². The maximum Gasteiger partial charge on any atom is 0.258 e. The average molecular weight is 875 g/mol. The molecule has 0 radical (unpaired) electrons. The largest absolute Gasteiger partial charge is 0.477 e. The molecule has 14 nitrogen and oxygen atoms in total. The first kappa shape index (κ1) is 42.1. The number of ether oxygens (including phenoxy) is 1. The van der Waals surface area contributed by atoms with Crippen LogP contribution in [0.15, 0.2) is 42.5 Å². The number of halogens is 2. The van der Waals surface area contributed by atoms with Crippen LogP contribution < -0.4 is 25.2 Å². The van der Waals surface area contributed by atoms with Crippen LogP contribution in [-0.2, 0) is 23.2 Å². The Morgan fingerprint density at radius 1 is 0.812 bits per heavy atom. The number of benzene rings is 2. The van der Waals surface area contributed by atoms with Gasteiger partial charge < -0.3 is 19.1 Å². The number of pyridine rings is 1. The standard InChI is InChI=1S/C48H56F2N10O4/c1-26-16-32-18-40(51-26)43-29(4)55-56(5)47(43)64-25-31-7-6-30(17-31)24-59-41-21-34(8-10-39(41)52-48(59)54-45(32)62)60-27(2)22-58(23-28(60)3)33-12-14-57(15-13-33)35-19-37(49)44(38(50)20-35)36-9-11-42(61)53-46(36)63/h8,10,16,18-21,27-28,30-31,33,36H,6-7,9,11-15,17,22-25H2,1-5H3,(H,52,54,62)(H,53,61,63)/t27-,28-,30+,31-,36+/m0/s1. The van der Waals surface area contributed by atoms with Gasteiger partial charge in [0.2, 0.25) is 23.6 Å². The first-order chi connectivity index (χ1) is 30.8. The second kappa shape index (κ2) is 16.6. The van der Waals surface area contributed by atoms with E-state index >= 15 is 8.78 Å². The summed E-state index contributed by atoms with van der Waals surface area (Å²) in [5.74, 6) is -1.87. The van der Waals surface area contributed by atoms with Crippen molar-refractivity contribution in [1.82, 2.24) is 34.5 Å². The Balaban J connectivity index is 0.859. The van der Waals surface area contributed by atoms with Crippen LogP contribution in [0.3, 0.4) is 0 Å². The van der Waals surface area contributed by atoms with Crippen molar-refractivity contribution in [2.75, 3.05) is 47.9 Å². The summed E-state index contributed by atoms with van der Waals surface area (Å²) in [4.78, 5) is 55.1. The van der Waals surface area contributed by atoms with Crippen LogP contribution in [0.1, 0.15) is 92.0 Å². The minimum atomic E-state index is -1.02. The molecule has 4 aliphatic heterocycles. The lowest BCUT2D eigenvalue weighted by molar-refractivity contribution is -0.134. The zero-order valence-corrected chi connectivity index (χ0v) is 37.2. The van der Waals surface area contributed by atoms with Gasteiger partial charge >= 0.3 is 0 Å². The van der Waals surface area contributed by atoms with Crippen molar-refractivity contribution in [1.29, 1.82) is 0 Å². The van der Waals surface area contributed by atoms with E-state index in [0.717, 1.165) is 85.4 Å². The lowest BCUT2D eigenvalue weighted by Crippen LogP contribution is -2.60. The fraction of sp³-hybridized carbons (Fsp3) is 0.500. The number of imide groups is 1. The van der Waals surface area contributed by atoms with Crippen molar-refractivity contribution >= 4 is 46.1 Å². The quantitative estimate of drug-likeness (QED) is 0.184. The summed E-state index contributed by atoms with van der Waals surface area (Å²) >= 11 is 0. The van der Waals surface area contributed by atoms with Gasteiger partial charge in [-0.25, -0.2) is 18.4 Å². The van der Waals surface area contributed by atoms with Crippen molar-refractivity contribution in [3.8, 4) is 17.1 Å². The van der Waals surface area contributed by atoms with Gasteiger partial charge in [-0.05, 0) is 121 Å². The molecule has 7 heterocycles. The first-order valence-corrected chi connectivity index (χ1v) is 22.8. The molecule has 2 N–H and O–H groups in total. The highest BCUT2D eigenvalue weighted by atomic mass is 19.1. The predicted molar refractivity (Wildman–Crippen MR) is 240 cm³/mol. The molecule has 4 bridgehead atoms. The Bertz CT molecular complexity index is 2640. The van der Waals surface area contributed by atoms with Crippen LogP contribution in [0, 0.1) is 37.3 Å². The Morgan fingerprint density at radius 2 is 1.55 bits per heavy atom. The lowest BCUT2D eigenvalue weighted by atomic mass is 9.89. The average Bonchev–Trinajstić information content (AvgIpc) is 3.93. The van der Waals surface area contributed by atoms with Crippen LogP contribution in [0.4, 0.5) is 26.1 Å². The normalized spacial score (nSPS) is 24.7. The SMILES string of the molecule is Cc1cc2cc(n1)-c1c(C)nn(C)c1OC[C@H]1CC[C@H](C1)Cn1c(nc3ccc(N4[C@@H](C)CN(C5CCN(c6cc(F)c([C@H]7CCC(=O)NC7=O)c(F)c6)CC5)C[C@@H]4C)cc31)NC2=O. The highest BCUT2D eigenvalue weighted by Crippen LogP contribution is 2.39. The van der Waals surface area contributed by atoms with Gasteiger partial charge in [-0.1, -0.05) is 0 Å². The number of hydrogen-bond acceptors (Lipinski definition) is 10. The van der Waals surface area contributed by atoms with E-state index in [2.05, 4.69) is 62.1 Å². The number of anilines is 3. The molecule has 16 heteroatoms. The van der Waals surface area contributed by atoms with Crippen molar-refractivity contribution in [3.63, 3.8) is 0 Å². The van der Waals surface area contributed by atoms with Crippen molar-refractivity contribution in [3.05, 3.63) is 76.6 Å². The summed E-state index contributed by atoms with van der Waals surface area (Å²) in [6, 6.07) is 13.5. The van der Waals surface area contributed by atoms with Crippen molar-refractivity contribution < 1.29 is 27.9 Å². The third-order valence-electron chi connectivity index (χ3n) is 14.4. The summed E-state index contributed by atoms with van der Waals surface area (Å²) in [6.07, 6.45) is 4.97. The van der Waals surface area contributed by atoms with E-state index < -0.39 is 29.4 Å². The number of carbonyl (C=O) groups excluding carboxylic acids is 3. The van der Waals surface area contributed by atoms with Crippen molar-refractivity contribution in [2.24, 2.45) is 18.9 Å². The molecule has 1 aliphatic carbocycles. The maximum atomic E-state index is 15.4. The number of rotatable bonds is 4. The van der Waals surface area contributed by atoms with Gasteiger partial charge in [-0.2, -0.15) is 5.10 Å². The van der Waals surface area contributed by atoms with E-state index in [1.165, 1.54) is 12.1 Å². The molecule has 2 aromatic carbocycles. The molecule has 336 valence electrons. The number of fused-ring (bicyclic) bond motifs is 9. The fourth-order valence-corrected chi connectivity index (χ4v) is 11.4. The first-order valence-electron chi connectivity index (χ1n) is 22.8. The van der Waals surface area contributed by atoms with Crippen LogP contribution in [-0.4, -0.2) is 97.8 Å². The molecule has 3 saturated heterocycles. The second-order valence-corrected chi connectivity index (χ2v) is 18.9. The second-order valence-electron chi connectivity index (χ2n) is 18.9. The predicted octanol–water partition coefficient (Wildman–Crippen LogP) is 6.88. The molecule has 3 aromatic heterocycles. The zero-order valence-electron chi connectivity index (χ0n) is 37.2. The monoisotopic (exact) mass is 874 g/mol. The third kappa shape index (κ3) is 7.77. The molecule has 4 fully saturated rings. The molecule has 5 atom stereocenters. The third-order valence-corrected chi connectivity index (χ3v) is 14.4. The number of nitrogens with one attached hydrogen (secondary N) is 2. The summed E-state index contributed by atoms with van der Waals surface area (Å²) in [6.45, 7) is 12.8. The molecule has 5 aromatic rings. The summed E-state index contributed by atoms with van der Waals surface area (Å²) in [5.41, 5.74) is 6.61. The number of aryl methyl sites for hydroxylation is 3. The number of piperidine rings is 2. The van der Waals surface area contributed by atoms with E-state index in [9.17, 15) is 14.4 Å². The number of nitrogens with zero attached hydrogens (tertiary/aromatic N) is 8. The summed E-state index contributed by atoms with van der Waals surface area (Å²) in [7, 11) is 1.89. The molecule has 1 saturated carbocycles. The molecule has 5 aliphatic rings. The lowest BCUT2D eigenvalue weighted by Gasteiger charge is -2.50. The number of carbonyl (C=O) groups is 3. The minimum Gasteiger partial charge on any atom is -0.477 e. The molecule has 64 heavy (non-hydrogen) atoms. The van der Waals surface area contributed by atoms with Gasteiger partial charge in [0.15, 0.2) is 0 Å². The van der Waals surface area contributed by atoms with Crippen LogP contribution in [0.25, 0.3) is 22.3 Å². The van der Waals surface area contributed by atoms with E-state index in [1.807, 2.05) is 31.9 Å². The van der Waals surface area contributed by atoms with Crippen LogP contribution >= 0.6 is 0 Å². The molecule has 10 rings (SSSR count). The van der Waals surface area contributed by atoms with Gasteiger partial charge in [0.1, 0.15) is 11.6 Å². The summed E-state index contributed by atoms with van der Waals surface area (Å²) in [5, 5.41) is 10.1. The topological polar surface area (TPSA) is 143 Å². The minimum absolute atomic E-state index is 0.0555. The fourth-order valence-electron chi connectivity index (χ4n) is 11.4. The molecule has 0 unspecified atom stereocenters. The Labute approximate surface area is 371 Å². The van der Waals surface area contributed by atoms with Crippen LogP contribution in [0.5, 0.6) is 5.88 Å². The number of hydrogen-bond donors (Lipinski definition) is 2. The van der Waals surface area contributed by atoms with E-state index in [-0.39, 0.29) is 36.4 Å². The maximum absolute atomic E-state index is 15.4. The van der Waals surface area contributed by atoms with E-state index in [0.29, 0.717) is 66.3 Å². The molecular formula is C48H56F2N10O4. The smallest absolute Gasteiger partial charge is 0.258 e. The molecular weight excluding hydrogens is 819 g/mol. The van der Waals surface area contributed by atoms with E-state index in [1.54, 1.807) is 10.7 Å². The number of aromatic nitrogens is 5. The Morgan fingerprint density at radius 3 is 2.28 bits per heavy atom. The molecule has 0 spiro atoms. The number of imidazole rings is 1. The van der Waals surface area contributed by atoms with Gasteiger partial charge in [0, 0.05) is 92.5 Å². The van der Waals surface area contributed by atoms with Gasteiger partial charge in [0.25, 0.3) is 5.91 Å². The van der Waals surface area contributed by atoms with Crippen LogP contribution in [0.2, 0.25) is 0 Å². The van der Waals surface area contributed by atoms with Gasteiger partial charge in [-0.15, -0.1) is 0 Å². The molecule has 3 amide bonds. The highest BCUT2D eigenvalue weighted by Gasteiger charge is 2.37. The number of amides is 3. The zero-order chi connectivity index (χ0) is 44.6. The Kier molecular flexibility index (Phi) is 10.9. The van der Waals surface area contributed by atoms with E-state index in [4.69, 9.17) is 14.7 Å². The Hall–Kier alpha value is -5.90. The van der Waals surface area contributed by atoms with Gasteiger partial charge in [0.05, 0.1) is 40.5 Å². The van der Waals surface area contributed by atoms with Crippen molar-refractivity contribution in [2.45, 2.75) is 103 Å².